The van der Waals surface area contributed by atoms with Crippen molar-refractivity contribution in [3.8, 4) is 17.5 Å². The van der Waals surface area contributed by atoms with E-state index in [-0.39, 0.29) is 11.7 Å². The standard InChI is InChI=1S/C23H24N6OS2/c1-2-13-29-21(16-9-11-25-12-10-16)27-28-23(29)31-15-20(30)26-22-18(14-24)17-7-5-3-4-6-8-19(17)32-22/h2,9-12H,1,3-8,13,15H2,(H,26,30). The molecule has 164 valence electrons. The normalized spacial score (nSPS) is 13.5. The quantitative estimate of drug-likeness (QED) is 0.397. The summed E-state index contributed by atoms with van der Waals surface area (Å²) >= 11 is 2.88. The van der Waals surface area contributed by atoms with Gasteiger partial charge in [-0.05, 0) is 43.4 Å². The van der Waals surface area contributed by atoms with Crippen LogP contribution in [-0.4, -0.2) is 31.4 Å². The predicted octanol–water partition coefficient (Wildman–Crippen LogP) is 4.85. The van der Waals surface area contributed by atoms with Crippen molar-refractivity contribution in [1.82, 2.24) is 19.7 Å². The van der Waals surface area contributed by atoms with E-state index in [1.165, 1.54) is 29.5 Å². The first-order valence-corrected chi connectivity index (χ1v) is 12.4. The number of hydrogen-bond donors (Lipinski definition) is 1. The molecule has 0 bridgehead atoms. The summed E-state index contributed by atoms with van der Waals surface area (Å²) in [5.74, 6) is 0.735. The number of thiophene rings is 1. The number of nitrogens with one attached hydrogen (secondary N) is 1. The summed E-state index contributed by atoms with van der Waals surface area (Å²) in [7, 11) is 0. The van der Waals surface area contributed by atoms with Crippen molar-refractivity contribution in [3.63, 3.8) is 0 Å². The fourth-order valence-corrected chi connectivity index (χ4v) is 5.83. The highest BCUT2D eigenvalue weighted by Gasteiger charge is 2.21. The van der Waals surface area contributed by atoms with Gasteiger partial charge in [0.25, 0.3) is 0 Å². The summed E-state index contributed by atoms with van der Waals surface area (Å²) in [5.41, 5.74) is 2.67. The molecule has 1 N–H and O–H groups in total. The Balaban J connectivity index is 1.47. The van der Waals surface area contributed by atoms with Crippen molar-refractivity contribution in [3.05, 3.63) is 53.2 Å². The van der Waals surface area contributed by atoms with Crippen molar-refractivity contribution < 1.29 is 4.79 Å². The number of thioether (sulfide) groups is 1. The van der Waals surface area contributed by atoms with E-state index < -0.39 is 0 Å². The molecule has 3 aromatic heterocycles. The Hall–Kier alpha value is -2.96. The highest BCUT2D eigenvalue weighted by molar-refractivity contribution is 7.99. The molecule has 0 unspecified atom stereocenters. The van der Waals surface area contributed by atoms with Gasteiger partial charge in [-0.2, -0.15) is 5.26 Å². The van der Waals surface area contributed by atoms with Crippen LogP contribution in [-0.2, 0) is 24.2 Å². The SMILES string of the molecule is C=CCn1c(SCC(=O)Nc2sc3c(c2C#N)CCCCCC3)nnc1-c1ccncc1. The maximum Gasteiger partial charge on any atom is 0.235 e. The van der Waals surface area contributed by atoms with Crippen LogP contribution in [0, 0.1) is 11.3 Å². The van der Waals surface area contributed by atoms with E-state index >= 15 is 0 Å². The molecule has 0 spiro atoms. The molecule has 1 amide bonds. The molecule has 3 heterocycles. The number of allylic oxidation sites excluding steroid dienone is 1. The van der Waals surface area contributed by atoms with Crippen molar-refractivity contribution >= 4 is 34.0 Å². The Bertz CT molecular complexity index is 1150. The van der Waals surface area contributed by atoms with Gasteiger partial charge in [-0.25, -0.2) is 0 Å². The molecule has 4 rings (SSSR count). The molecule has 0 radical (unpaired) electrons. The van der Waals surface area contributed by atoms with Gasteiger partial charge in [-0.1, -0.05) is 30.7 Å². The molecule has 3 aromatic rings. The van der Waals surface area contributed by atoms with Gasteiger partial charge in [0.15, 0.2) is 11.0 Å². The Kier molecular flexibility index (Phi) is 7.35. The van der Waals surface area contributed by atoms with Gasteiger partial charge in [0.2, 0.25) is 5.91 Å². The maximum atomic E-state index is 12.7. The van der Waals surface area contributed by atoms with Crippen molar-refractivity contribution in [2.75, 3.05) is 11.1 Å². The summed E-state index contributed by atoms with van der Waals surface area (Å²) in [4.78, 5) is 18.0. The summed E-state index contributed by atoms with van der Waals surface area (Å²) in [6.45, 7) is 4.35. The van der Waals surface area contributed by atoms with Crippen LogP contribution >= 0.6 is 23.1 Å². The monoisotopic (exact) mass is 464 g/mol. The fraction of sp³-hybridized carbons (Fsp3) is 0.348. The van der Waals surface area contributed by atoms with Crippen LogP contribution in [0.3, 0.4) is 0 Å². The third kappa shape index (κ3) is 4.92. The first kappa shape index (κ1) is 22.2. The van der Waals surface area contributed by atoms with Crippen molar-refractivity contribution in [1.29, 1.82) is 5.26 Å². The predicted molar refractivity (Wildman–Crippen MR) is 128 cm³/mol. The van der Waals surface area contributed by atoms with E-state index in [9.17, 15) is 10.1 Å². The molecule has 1 aliphatic carbocycles. The largest absolute Gasteiger partial charge is 0.316 e. The zero-order valence-corrected chi connectivity index (χ0v) is 19.3. The summed E-state index contributed by atoms with van der Waals surface area (Å²) in [5, 5.41) is 22.6. The summed E-state index contributed by atoms with van der Waals surface area (Å²) < 4.78 is 1.93. The van der Waals surface area contributed by atoms with Gasteiger partial charge in [0.1, 0.15) is 11.1 Å². The molecule has 32 heavy (non-hydrogen) atoms. The molecule has 9 heteroatoms. The number of nitrogens with zero attached hydrogens (tertiary/aromatic N) is 5. The van der Waals surface area contributed by atoms with E-state index in [2.05, 4.69) is 33.1 Å². The van der Waals surface area contributed by atoms with Gasteiger partial charge < -0.3 is 5.32 Å². The number of carbonyl (C=O) groups excluding carboxylic acids is 1. The number of pyridine rings is 1. The minimum atomic E-state index is -0.153. The molecule has 0 atom stereocenters. The highest BCUT2D eigenvalue weighted by Crippen LogP contribution is 2.36. The topological polar surface area (TPSA) is 96.5 Å². The minimum absolute atomic E-state index is 0.153. The van der Waals surface area contributed by atoms with Crippen LogP contribution in [0.15, 0.2) is 42.3 Å². The third-order valence-electron chi connectivity index (χ3n) is 5.34. The van der Waals surface area contributed by atoms with Gasteiger partial charge in [0.05, 0.1) is 11.3 Å². The number of hydrogen-bond acceptors (Lipinski definition) is 7. The van der Waals surface area contributed by atoms with E-state index in [0.717, 1.165) is 36.8 Å². The lowest BCUT2D eigenvalue weighted by Gasteiger charge is -2.09. The Morgan fingerprint density at radius 2 is 2.03 bits per heavy atom. The van der Waals surface area contributed by atoms with E-state index in [0.29, 0.717) is 28.1 Å². The number of amides is 1. The third-order valence-corrected chi connectivity index (χ3v) is 7.51. The molecule has 7 nitrogen and oxygen atoms in total. The van der Waals surface area contributed by atoms with Crippen molar-refractivity contribution in [2.45, 2.75) is 50.2 Å². The lowest BCUT2D eigenvalue weighted by atomic mass is 9.97. The van der Waals surface area contributed by atoms with Gasteiger partial charge >= 0.3 is 0 Å². The average molecular weight is 465 g/mol. The Morgan fingerprint density at radius 1 is 1.25 bits per heavy atom. The number of aromatic nitrogens is 4. The lowest BCUT2D eigenvalue weighted by molar-refractivity contribution is -0.113. The van der Waals surface area contributed by atoms with Crippen molar-refractivity contribution in [2.24, 2.45) is 0 Å². The van der Waals surface area contributed by atoms with Gasteiger partial charge in [-0.15, -0.1) is 28.1 Å². The zero-order chi connectivity index (χ0) is 22.3. The minimum Gasteiger partial charge on any atom is -0.316 e. The summed E-state index contributed by atoms with van der Waals surface area (Å²) in [6, 6.07) is 6.07. The lowest BCUT2D eigenvalue weighted by Crippen LogP contribution is -2.14. The smallest absolute Gasteiger partial charge is 0.235 e. The fourth-order valence-electron chi connectivity index (χ4n) is 3.82. The molecule has 0 saturated carbocycles. The number of anilines is 1. The molecule has 1 aliphatic rings. The molecule has 0 aliphatic heterocycles. The van der Waals surface area contributed by atoms with Crippen LogP contribution in [0.1, 0.15) is 41.7 Å². The molecule has 0 fully saturated rings. The van der Waals surface area contributed by atoms with Crippen LogP contribution in [0.2, 0.25) is 0 Å². The molecule has 0 saturated heterocycles. The van der Waals surface area contributed by atoms with Gasteiger partial charge in [0, 0.05) is 29.4 Å². The first-order chi connectivity index (χ1) is 15.7. The number of rotatable bonds is 7. The van der Waals surface area contributed by atoms with E-state index in [1.54, 1.807) is 29.8 Å². The number of fused-ring (bicyclic) bond motifs is 1. The Labute approximate surface area is 195 Å². The second-order valence-corrected chi connectivity index (χ2v) is 9.56. The maximum absolute atomic E-state index is 12.7. The van der Waals surface area contributed by atoms with E-state index in [1.807, 2.05) is 16.7 Å². The van der Waals surface area contributed by atoms with E-state index in [4.69, 9.17) is 0 Å². The van der Waals surface area contributed by atoms with Crippen LogP contribution in [0.4, 0.5) is 5.00 Å². The Morgan fingerprint density at radius 3 is 2.78 bits per heavy atom. The molecular weight excluding hydrogens is 440 g/mol. The first-order valence-electron chi connectivity index (χ1n) is 10.6. The zero-order valence-electron chi connectivity index (χ0n) is 17.7. The second kappa shape index (κ2) is 10.6. The van der Waals surface area contributed by atoms with Crippen LogP contribution in [0.5, 0.6) is 0 Å². The average Bonchev–Trinajstić information content (AvgIpc) is 3.33. The number of aryl methyl sites for hydroxylation is 1. The van der Waals surface area contributed by atoms with Crippen LogP contribution < -0.4 is 5.32 Å². The highest BCUT2D eigenvalue weighted by atomic mass is 32.2. The number of carbonyl (C=O) groups is 1. The number of nitriles is 1. The molecule has 0 aromatic carbocycles. The second-order valence-electron chi connectivity index (χ2n) is 7.51. The van der Waals surface area contributed by atoms with Crippen LogP contribution in [0.25, 0.3) is 11.4 Å². The van der Waals surface area contributed by atoms with Gasteiger partial charge in [-0.3, -0.25) is 14.3 Å². The molecular formula is C23H24N6OS2. The summed E-state index contributed by atoms with van der Waals surface area (Å²) in [6.07, 6.45) is 11.8.